The molecule has 0 amide bonds. The summed E-state index contributed by atoms with van der Waals surface area (Å²) < 4.78 is 3.73. The highest BCUT2D eigenvalue weighted by molar-refractivity contribution is 5.28. The molecule has 4 rings (SSSR count). The Morgan fingerprint density at radius 2 is 1.31 bits per heavy atom. The first-order chi connectivity index (χ1) is 17.1. The fourth-order valence-electron chi connectivity index (χ4n) is 4.14. The van der Waals surface area contributed by atoms with E-state index in [4.69, 9.17) is 10.2 Å². The molecule has 186 valence electrons. The van der Waals surface area contributed by atoms with E-state index in [0.29, 0.717) is 13.1 Å². The van der Waals surface area contributed by atoms with Gasteiger partial charge in [0.15, 0.2) is 0 Å². The molecule has 0 spiro atoms. The standard InChI is InChI=1S/C14H19N3O.C13H17N3O/c1-16(10-11-18)14(12-6-4-3-5-7-12)13-8-9-15-17(13)2;1-16-12(7-8-15-16)13(14-9-10-17)11-5-3-2-4-6-11/h3-9,14,18H,10-11H2,1-2H3;2-8,13-14,17H,9-10H2,1H3. The molecule has 0 aliphatic carbocycles. The molecule has 0 saturated carbocycles. The van der Waals surface area contributed by atoms with Crippen LogP contribution >= 0.6 is 0 Å². The summed E-state index contributed by atoms with van der Waals surface area (Å²) in [5, 5.41) is 29.8. The molecule has 0 aliphatic rings. The van der Waals surface area contributed by atoms with E-state index in [-0.39, 0.29) is 25.3 Å². The van der Waals surface area contributed by atoms with Crippen molar-refractivity contribution in [2.75, 3.05) is 33.4 Å². The SMILES string of the molecule is CN(CCO)C(c1ccccc1)c1ccnn1C.Cn1nccc1C(NCCO)c1ccccc1. The molecule has 0 fully saturated rings. The van der Waals surface area contributed by atoms with Gasteiger partial charge in [-0.15, -0.1) is 0 Å². The summed E-state index contributed by atoms with van der Waals surface area (Å²) in [5.74, 6) is 0. The van der Waals surface area contributed by atoms with Crippen molar-refractivity contribution < 1.29 is 10.2 Å². The number of aryl methyl sites for hydroxylation is 2. The maximum Gasteiger partial charge on any atom is 0.0771 e. The van der Waals surface area contributed by atoms with E-state index >= 15 is 0 Å². The summed E-state index contributed by atoms with van der Waals surface area (Å²) in [4.78, 5) is 2.13. The zero-order valence-corrected chi connectivity index (χ0v) is 20.7. The molecule has 35 heavy (non-hydrogen) atoms. The number of nitrogens with zero attached hydrogens (tertiary/aromatic N) is 5. The van der Waals surface area contributed by atoms with Gasteiger partial charge in [0.1, 0.15) is 0 Å². The lowest BCUT2D eigenvalue weighted by Crippen LogP contribution is -2.29. The predicted molar refractivity (Wildman–Crippen MR) is 138 cm³/mol. The minimum absolute atomic E-state index is 0.0656. The van der Waals surface area contributed by atoms with E-state index in [0.717, 1.165) is 11.4 Å². The Morgan fingerprint density at radius 1 is 0.771 bits per heavy atom. The van der Waals surface area contributed by atoms with E-state index in [2.05, 4.69) is 44.7 Å². The fraction of sp³-hybridized carbons (Fsp3) is 0.333. The van der Waals surface area contributed by atoms with Crippen LogP contribution in [0.25, 0.3) is 0 Å². The first-order valence-corrected chi connectivity index (χ1v) is 11.8. The van der Waals surface area contributed by atoms with E-state index in [1.54, 1.807) is 12.4 Å². The van der Waals surface area contributed by atoms with Gasteiger partial charge in [0.25, 0.3) is 0 Å². The molecule has 0 aliphatic heterocycles. The van der Waals surface area contributed by atoms with Crippen LogP contribution in [-0.2, 0) is 14.1 Å². The maximum atomic E-state index is 9.14. The summed E-state index contributed by atoms with van der Waals surface area (Å²) in [6, 6.07) is 24.6. The lowest BCUT2D eigenvalue weighted by atomic mass is 10.0. The van der Waals surface area contributed by atoms with Crippen LogP contribution in [0.1, 0.15) is 34.6 Å². The summed E-state index contributed by atoms with van der Waals surface area (Å²) in [6.45, 7) is 1.47. The average Bonchev–Trinajstić information content (AvgIpc) is 3.50. The second-order valence-corrected chi connectivity index (χ2v) is 8.30. The highest BCUT2D eigenvalue weighted by Gasteiger charge is 2.21. The molecule has 0 saturated heterocycles. The van der Waals surface area contributed by atoms with Crippen LogP contribution < -0.4 is 5.32 Å². The van der Waals surface area contributed by atoms with Gasteiger partial charge >= 0.3 is 0 Å². The third-order valence-corrected chi connectivity index (χ3v) is 5.90. The van der Waals surface area contributed by atoms with Crippen LogP contribution in [0.15, 0.2) is 85.2 Å². The van der Waals surface area contributed by atoms with Crippen molar-refractivity contribution in [3.05, 3.63) is 108 Å². The van der Waals surface area contributed by atoms with Crippen molar-refractivity contribution in [1.29, 1.82) is 0 Å². The highest BCUT2D eigenvalue weighted by Crippen LogP contribution is 2.26. The zero-order chi connectivity index (χ0) is 25.0. The smallest absolute Gasteiger partial charge is 0.0771 e. The molecular formula is C27H36N6O2. The molecule has 2 aromatic heterocycles. The van der Waals surface area contributed by atoms with Crippen LogP contribution in [-0.4, -0.2) is 68.0 Å². The number of aromatic nitrogens is 4. The van der Waals surface area contributed by atoms with Crippen LogP contribution in [0.2, 0.25) is 0 Å². The minimum atomic E-state index is 0.0656. The highest BCUT2D eigenvalue weighted by atomic mass is 16.3. The summed E-state index contributed by atoms with van der Waals surface area (Å²) >= 11 is 0. The van der Waals surface area contributed by atoms with Crippen molar-refractivity contribution in [3.63, 3.8) is 0 Å². The molecule has 8 nitrogen and oxygen atoms in total. The Bertz CT molecular complexity index is 1110. The number of aliphatic hydroxyl groups is 2. The van der Waals surface area contributed by atoms with Crippen molar-refractivity contribution in [3.8, 4) is 0 Å². The van der Waals surface area contributed by atoms with Crippen molar-refractivity contribution >= 4 is 0 Å². The first kappa shape index (κ1) is 26.3. The second kappa shape index (κ2) is 13.6. The van der Waals surface area contributed by atoms with Crippen LogP contribution in [0, 0.1) is 0 Å². The molecule has 4 aromatic rings. The van der Waals surface area contributed by atoms with E-state index in [9.17, 15) is 0 Å². The van der Waals surface area contributed by atoms with Crippen molar-refractivity contribution in [2.45, 2.75) is 12.1 Å². The molecule has 3 N–H and O–H groups in total. The predicted octanol–water partition coefficient (Wildman–Crippen LogP) is 2.52. The molecular weight excluding hydrogens is 440 g/mol. The molecule has 0 bridgehead atoms. The minimum Gasteiger partial charge on any atom is -0.395 e. The Kier molecular flexibility index (Phi) is 10.2. The number of likely N-dealkylation sites (N-methyl/N-ethyl adjacent to an activating group) is 1. The van der Waals surface area contributed by atoms with Gasteiger partial charge < -0.3 is 15.5 Å². The van der Waals surface area contributed by atoms with Gasteiger partial charge in [0, 0.05) is 39.6 Å². The Morgan fingerprint density at radius 3 is 1.80 bits per heavy atom. The Labute approximate surface area is 207 Å². The number of rotatable bonds is 10. The third-order valence-electron chi connectivity index (χ3n) is 5.90. The van der Waals surface area contributed by atoms with Gasteiger partial charge in [-0.05, 0) is 30.3 Å². The van der Waals surface area contributed by atoms with Crippen LogP contribution in [0.3, 0.4) is 0 Å². The number of nitrogens with one attached hydrogen (secondary N) is 1. The van der Waals surface area contributed by atoms with Gasteiger partial charge in [0.05, 0.1) is 36.7 Å². The third kappa shape index (κ3) is 7.10. The quantitative estimate of drug-likeness (QED) is 0.326. The lowest BCUT2D eigenvalue weighted by Gasteiger charge is -2.28. The van der Waals surface area contributed by atoms with Crippen molar-refractivity contribution in [2.24, 2.45) is 14.1 Å². The number of benzene rings is 2. The molecule has 0 radical (unpaired) electrons. The maximum absolute atomic E-state index is 9.14. The van der Waals surface area contributed by atoms with Gasteiger partial charge in [-0.1, -0.05) is 60.7 Å². The molecule has 8 heteroatoms. The summed E-state index contributed by atoms with van der Waals surface area (Å²) in [6.07, 6.45) is 3.59. The molecule has 2 aromatic carbocycles. The van der Waals surface area contributed by atoms with Crippen LogP contribution in [0.4, 0.5) is 0 Å². The average molecular weight is 477 g/mol. The molecule has 2 unspecified atom stereocenters. The lowest BCUT2D eigenvalue weighted by molar-refractivity contribution is 0.193. The normalized spacial score (nSPS) is 12.7. The topological polar surface area (TPSA) is 91.4 Å². The number of aliphatic hydroxyl groups excluding tert-OH is 2. The molecule has 2 heterocycles. The number of hydrogen-bond acceptors (Lipinski definition) is 6. The van der Waals surface area contributed by atoms with Gasteiger partial charge in [0.2, 0.25) is 0 Å². The monoisotopic (exact) mass is 476 g/mol. The van der Waals surface area contributed by atoms with E-state index < -0.39 is 0 Å². The van der Waals surface area contributed by atoms with E-state index in [1.807, 2.05) is 79.0 Å². The van der Waals surface area contributed by atoms with E-state index in [1.165, 1.54) is 11.1 Å². The van der Waals surface area contributed by atoms with Crippen LogP contribution in [0.5, 0.6) is 0 Å². The largest absolute Gasteiger partial charge is 0.395 e. The van der Waals surface area contributed by atoms with Crippen molar-refractivity contribution in [1.82, 2.24) is 29.8 Å². The molecule has 2 atom stereocenters. The van der Waals surface area contributed by atoms with Gasteiger partial charge in [-0.2, -0.15) is 10.2 Å². The fourth-order valence-corrected chi connectivity index (χ4v) is 4.14. The zero-order valence-electron chi connectivity index (χ0n) is 20.7. The second-order valence-electron chi connectivity index (χ2n) is 8.30. The van der Waals surface area contributed by atoms with Gasteiger partial charge in [-0.3, -0.25) is 14.3 Å². The number of hydrogen-bond donors (Lipinski definition) is 3. The Hall–Kier alpha value is -3.30. The Balaban J connectivity index is 0.000000196. The summed E-state index contributed by atoms with van der Waals surface area (Å²) in [5.41, 5.74) is 4.59. The van der Waals surface area contributed by atoms with Gasteiger partial charge in [-0.25, -0.2) is 0 Å². The first-order valence-electron chi connectivity index (χ1n) is 11.8. The summed E-state index contributed by atoms with van der Waals surface area (Å²) in [7, 11) is 5.88.